The van der Waals surface area contributed by atoms with Gasteiger partial charge >= 0.3 is 0 Å². The van der Waals surface area contributed by atoms with Crippen molar-refractivity contribution in [1.82, 2.24) is 9.88 Å². The van der Waals surface area contributed by atoms with Crippen LogP contribution < -0.4 is 0 Å². The van der Waals surface area contributed by atoms with E-state index in [-0.39, 0.29) is 11.8 Å². The summed E-state index contributed by atoms with van der Waals surface area (Å²) >= 11 is 0. The zero-order chi connectivity index (χ0) is 19.6. The maximum absolute atomic E-state index is 12.7. The van der Waals surface area contributed by atoms with Gasteiger partial charge in [0.2, 0.25) is 5.76 Å². The fraction of sp³-hybridized carbons (Fsp3) is 0.304. The zero-order valence-electron chi connectivity index (χ0n) is 15.9. The third kappa shape index (κ3) is 3.22. The van der Waals surface area contributed by atoms with Crippen LogP contribution in [-0.2, 0) is 5.60 Å². The van der Waals surface area contributed by atoms with Crippen molar-refractivity contribution in [3.05, 3.63) is 89.6 Å². The van der Waals surface area contributed by atoms with Crippen molar-refractivity contribution in [1.29, 1.82) is 0 Å². The molecule has 0 atom stereocenters. The van der Waals surface area contributed by atoms with Gasteiger partial charge in [0.1, 0.15) is 5.60 Å². The molecule has 0 radical (unpaired) electrons. The average Bonchev–Trinajstić information content (AvgIpc) is 3.20. The largest absolute Gasteiger partial charge is 0.438 e. The number of aliphatic hydroxyl groups is 1. The third-order valence-electron chi connectivity index (χ3n) is 5.74. The molecule has 0 spiro atoms. The van der Waals surface area contributed by atoms with Crippen LogP contribution in [0, 0.1) is 12.8 Å². The van der Waals surface area contributed by atoms with Crippen LogP contribution in [0.15, 0.2) is 71.5 Å². The van der Waals surface area contributed by atoms with Gasteiger partial charge in [-0.3, -0.25) is 4.79 Å². The van der Waals surface area contributed by atoms with E-state index in [1.165, 1.54) is 6.39 Å². The van der Waals surface area contributed by atoms with Gasteiger partial charge in [0.15, 0.2) is 6.39 Å². The highest BCUT2D eigenvalue weighted by Gasteiger charge is 2.42. The van der Waals surface area contributed by atoms with E-state index in [1.807, 2.05) is 60.7 Å². The molecule has 4 rings (SSSR count). The normalized spacial score (nSPS) is 15.6. The summed E-state index contributed by atoms with van der Waals surface area (Å²) in [6, 6.07) is 19.6. The highest BCUT2D eigenvalue weighted by Crippen LogP contribution is 2.42. The number of piperidine rings is 1. The number of amides is 1. The number of oxazole rings is 1. The average molecular weight is 376 g/mol. The Morgan fingerprint density at radius 1 is 1.04 bits per heavy atom. The minimum atomic E-state index is -1.08. The Morgan fingerprint density at radius 3 is 2.04 bits per heavy atom. The number of aromatic nitrogens is 1. The van der Waals surface area contributed by atoms with Gasteiger partial charge in [0.25, 0.3) is 5.91 Å². The molecule has 5 nitrogen and oxygen atoms in total. The molecule has 1 aliphatic heterocycles. The molecule has 2 aromatic carbocycles. The first-order valence-electron chi connectivity index (χ1n) is 9.63. The number of carbonyl (C=O) groups is 1. The molecular formula is C23H24N2O3. The van der Waals surface area contributed by atoms with Crippen molar-refractivity contribution in [2.45, 2.75) is 25.4 Å². The number of rotatable bonds is 4. The monoisotopic (exact) mass is 376 g/mol. The van der Waals surface area contributed by atoms with Crippen LogP contribution in [0.3, 0.4) is 0 Å². The smallest absolute Gasteiger partial charge is 0.291 e. The van der Waals surface area contributed by atoms with E-state index >= 15 is 0 Å². The Hall–Kier alpha value is -2.92. The zero-order valence-corrected chi connectivity index (χ0v) is 15.9. The lowest BCUT2D eigenvalue weighted by Crippen LogP contribution is -2.46. The number of hydrogen-bond acceptors (Lipinski definition) is 4. The van der Waals surface area contributed by atoms with Gasteiger partial charge in [-0.1, -0.05) is 60.7 Å². The summed E-state index contributed by atoms with van der Waals surface area (Å²) < 4.78 is 5.26. The Morgan fingerprint density at radius 2 is 1.57 bits per heavy atom. The Kier molecular flexibility index (Phi) is 5.01. The second-order valence-electron chi connectivity index (χ2n) is 7.33. The molecule has 1 saturated heterocycles. The van der Waals surface area contributed by atoms with E-state index in [4.69, 9.17) is 4.42 Å². The van der Waals surface area contributed by atoms with Gasteiger partial charge in [-0.2, -0.15) is 0 Å². The molecule has 0 bridgehead atoms. The van der Waals surface area contributed by atoms with Crippen molar-refractivity contribution in [2.75, 3.05) is 13.1 Å². The van der Waals surface area contributed by atoms with E-state index in [2.05, 4.69) is 4.98 Å². The third-order valence-corrected chi connectivity index (χ3v) is 5.74. The van der Waals surface area contributed by atoms with E-state index in [1.54, 1.807) is 11.8 Å². The van der Waals surface area contributed by atoms with Crippen LogP contribution in [0.25, 0.3) is 0 Å². The summed E-state index contributed by atoms with van der Waals surface area (Å²) in [7, 11) is 0. The summed E-state index contributed by atoms with van der Waals surface area (Å²) in [5, 5.41) is 11.9. The first-order chi connectivity index (χ1) is 13.6. The van der Waals surface area contributed by atoms with Gasteiger partial charge in [-0.15, -0.1) is 0 Å². The van der Waals surface area contributed by atoms with Crippen LogP contribution in [0.2, 0.25) is 0 Å². The number of benzene rings is 2. The van der Waals surface area contributed by atoms with Gasteiger partial charge < -0.3 is 14.4 Å². The standard InChI is InChI=1S/C23H24N2O3/c1-17-21(28-16-24-17)22(26)25-14-12-20(13-15-25)23(27,18-8-4-2-5-9-18)19-10-6-3-7-11-19/h2-11,16,20,27H,12-15H2,1H3. The van der Waals surface area contributed by atoms with Crippen molar-refractivity contribution in [3.63, 3.8) is 0 Å². The minimum absolute atomic E-state index is 0.0113. The van der Waals surface area contributed by atoms with Crippen LogP contribution in [0.4, 0.5) is 0 Å². The van der Waals surface area contributed by atoms with Crippen LogP contribution in [0.1, 0.15) is 40.2 Å². The highest BCUT2D eigenvalue weighted by molar-refractivity contribution is 5.92. The van der Waals surface area contributed by atoms with Crippen molar-refractivity contribution in [3.8, 4) is 0 Å². The molecule has 3 aromatic rings. The quantitative estimate of drug-likeness (QED) is 0.753. The summed E-state index contributed by atoms with van der Waals surface area (Å²) in [6.07, 6.45) is 2.72. The predicted octanol–water partition coefficient (Wildman–Crippen LogP) is 3.77. The van der Waals surface area contributed by atoms with E-state index < -0.39 is 5.60 Å². The molecule has 0 saturated carbocycles. The maximum Gasteiger partial charge on any atom is 0.291 e. The summed E-state index contributed by atoms with van der Waals surface area (Å²) in [5.74, 6) is 0.188. The van der Waals surface area contributed by atoms with Gasteiger partial charge in [-0.25, -0.2) is 4.98 Å². The second kappa shape index (κ2) is 7.60. The molecule has 0 unspecified atom stereocenters. The molecule has 1 N–H and O–H groups in total. The van der Waals surface area contributed by atoms with Crippen LogP contribution in [0.5, 0.6) is 0 Å². The fourth-order valence-electron chi connectivity index (χ4n) is 4.17. The number of nitrogens with zero attached hydrogens (tertiary/aromatic N) is 2. The van der Waals surface area contributed by atoms with Crippen molar-refractivity contribution in [2.24, 2.45) is 5.92 Å². The molecule has 1 aliphatic rings. The number of hydrogen-bond donors (Lipinski definition) is 1. The summed E-state index contributed by atoms with van der Waals surface area (Å²) in [5.41, 5.74) is 1.30. The number of aryl methyl sites for hydroxylation is 1. The molecule has 1 aromatic heterocycles. The summed E-state index contributed by atoms with van der Waals surface area (Å²) in [6.45, 7) is 2.92. The van der Waals surface area contributed by atoms with Crippen LogP contribution >= 0.6 is 0 Å². The lowest BCUT2D eigenvalue weighted by Gasteiger charge is -2.42. The van der Waals surface area contributed by atoms with Gasteiger partial charge in [0, 0.05) is 13.1 Å². The molecule has 28 heavy (non-hydrogen) atoms. The molecule has 2 heterocycles. The number of likely N-dealkylation sites (tertiary alicyclic amines) is 1. The molecular weight excluding hydrogens is 352 g/mol. The fourth-order valence-corrected chi connectivity index (χ4v) is 4.17. The van der Waals surface area contributed by atoms with Gasteiger partial charge in [0.05, 0.1) is 5.69 Å². The molecule has 0 aliphatic carbocycles. The Bertz CT molecular complexity index is 889. The van der Waals surface area contributed by atoms with E-state index in [0.29, 0.717) is 37.4 Å². The first kappa shape index (κ1) is 18.4. The Balaban J connectivity index is 1.58. The van der Waals surface area contributed by atoms with E-state index in [0.717, 1.165) is 11.1 Å². The SMILES string of the molecule is Cc1ncoc1C(=O)N1CCC(C(O)(c2ccccc2)c2ccccc2)CC1. The van der Waals surface area contributed by atoms with Crippen molar-refractivity contribution >= 4 is 5.91 Å². The highest BCUT2D eigenvalue weighted by atomic mass is 16.3. The van der Waals surface area contributed by atoms with Crippen LogP contribution in [-0.4, -0.2) is 34.0 Å². The molecule has 5 heteroatoms. The minimum Gasteiger partial charge on any atom is -0.438 e. The van der Waals surface area contributed by atoms with E-state index in [9.17, 15) is 9.90 Å². The topological polar surface area (TPSA) is 66.6 Å². The Labute approximate surface area is 164 Å². The molecule has 1 fully saturated rings. The summed E-state index contributed by atoms with van der Waals surface area (Å²) in [4.78, 5) is 18.5. The van der Waals surface area contributed by atoms with Gasteiger partial charge in [-0.05, 0) is 36.8 Å². The predicted molar refractivity (Wildman–Crippen MR) is 106 cm³/mol. The number of carbonyl (C=O) groups excluding carboxylic acids is 1. The second-order valence-corrected chi connectivity index (χ2v) is 7.33. The molecule has 144 valence electrons. The maximum atomic E-state index is 12.7. The first-order valence-corrected chi connectivity index (χ1v) is 9.63. The lowest BCUT2D eigenvalue weighted by molar-refractivity contribution is -0.0127. The lowest BCUT2D eigenvalue weighted by atomic mass is 9.72. The van der Waals surface area contributed by atoms with Crippen molar-refractivity contribution < 1.29 is 14.3 Å². The molecule has 1 amide bonds.